The third-order valence-electron chi connectivity index (χ3n) is 2.25. The third-order valence-corrected chi connectivity index (χ3v) is 2.25. The van der Waals surface area contributed by atoms with Crippen LogP contribution in [0.4, 0.5) is 0 Å². The third kappa shape index (κ3) is 1.28. The van der Waals surface area contributed by atoms with Gasteiger partial charge in [0, 0.05) is 18.0 Å². The van der Waals surface area contributed by atoms with Crippen molar-refractivity contribution < 1.29 is 0 Å². The van der Waals surface area contributed by atoms with Crippen LogP contribution in [-0.4, -0.2) is 24.9 Å². The molecule has 0 radical (unpaired) electrons. The molecule has 0 aromatic carbocycles. The minimum Gasteiger partial charge on any atom is -0.332 e. The molecule has 6 heteroatoms. The summed E-state index contributed by atoms with van der Waals surface area (Å²) in [5, 5.41) is 0. The number of pyridine rings is 1. The van der Waals surface area contributed by atoms with Crippen molar-refractivity contribution in [3.05, 3.63) is 41.2 Å². The zero-order chi connectivity index (χ0) is 11.0. The van der Waals surface area contributed by atoms with Gasteiger partial charge in [-0.1, -0.05) is 0 Å². The van der Waals surface area contributed by atoms with Crippen molar-refractivity contribution in [2.75, 3.05) is 0 Å². The van der Waals surface area contributed by atoms with Gasteiger partial charge in [-0.3, -0.25) is 9.78 Å². The Kier molecular flexibility index (Phi) is 1.79. The number of imidazole rings is 1. The van der Waals surface area contributed by atoms with E-state index in [0.29, 0.717) is 17.0 Å². The highest BCUT2D eigenvalue weighted by molar-refractivity contribution is 5.74. The van der Waals surface area contributed by atoms with E-state index >= 15 is 0 Å². The molecular formula is C10H7N5O. The molecule has 0 saturated carbocycles. The molecule has 0 spiro atoms. The van der Waals surface area contributed by atoms with Crippen LogP contribution in [0.15, 0.2) is 35.6 Å². The fourth-order valence-corrected chi connectivity index (χ4v) is 1.49. The molecule has 0 unspecified atom stereocenters. The van der Waals surface area contributed by atoms with E-state index in [4.69, 9.17) is 0 Å². The van der Waals surface area contributed by atoms with Crippen molar-refractivity contribution in [3.8, 4) is 11.4 Å². The average Bonchev–Trinajstić information content (AvgIpc) is 2.76. The number of rotatable bonds is 1. The number of aromatic nitrogens is 5. The molecule has 78 valence electrons. The fourth-order valence-electron chi connectivity index (χ4n) is 1.49. The summed E-state index contributed by atoms with van der Waals surface area (Å²) in [6.45, 7) is 0. The van der Waals surface area contributed by atoms with Gasteiger partial charge in [0.05, 0.1) is 6.33 Å². The molecule has 3 heterocycles. The Balaban J connectivity index is 2.28. The van der Waals surface area contributed by atoms with Crippen molar-refractivity contribution in [3.63, 3.8) is 0 Å². The van der Waals surface area contributed by atoms with Crippen LogP contribution in [0.3, 0.4) is 0 Å². The fraction of sp³-hybridized carbons (Fsp3) is 0. The first-order chi connectivity index (χ1) is 7.84. The summed E-state index contributed by atoms with van der Waals surface area (Å²) in [6.07, 6.45) is 4.67. The predicted octanol–water partition coefficient (Wildman–Crippen LogP) is 0.708. The first kappa shape index (κ1) is 8.78. The molecule has 3 aromatic rings. The van der Waals surface area contributed by atoms with Crippen LogP contribution in [0.25, 0.3) is 22.6 Å². The van der Waals surface area contributed by atoms with Crippen LogP contribution >= 0.6 is 0 Å². The standard InChI is InChI=1S/C10H7N5O/c16-10-7-9(12-5-13-10)15-8(14-7)6-1-3-11-4-2-6/h1-5H,(H2,12,13,14,15,16). The highest BCUT2D eigenvalue weighted by atomic mass is 16.1. The topological polar surface area (TPSA) is 87.3 Å². The first-order valence-electron chi connectivity index (χ1n) is 4.68. The summed E-state index contributed by atoms with van der Waals surface area (Å²) in [6, 6.07) is 3.62. The number of hydrogen-bond donors (Lipinski definition) is 2. The Morgan fingerprint density at radius 2 is 2.00 bits per heavy atom. The lowest BCUT2D eigenvalue weighted by atomic mass is 10.3. The van der Waals surface area contributed by atoms with E-state index in [-0.39, 0.29) is 5.56 Å². The monoisotopic (exact) mass is 213 g/mol. The van der Waals surface area contributed by atoms with Crippen molar-refractivity contribution in [1.82, 2.24) is 24.9 Å². The van der Waals surface area contributed by atoms with E-state index < -0.39 is 0 Å². The van der Waals surface area contributed by atoms with E-state index in [1.807, 2.05) is 12.1 Å². The summed E-state index contributed by atoms with van der Waals surface area (Å²) in [4.78, 5) is 29.0. The number of H-pyrrole nitrogens is 2. The second kappa shape index (κ2) is 3.27. The van der Waals surface area contributed by atoms with Gasteiger partial charge in [-0.25, -0.2) is 9.97 Å². The zero-order valence-corrected chi connectivity index (χ0v) is 8.14. The van der Waals surface area contributed by atoms with Gasteiger partial charge in [0.1, 0.15) is 5.82 Å². The van der Waals surface area contributed by atoms with Gasteiger partial charge in [0.2, 0.25) is 0 Å². The van der Waals surface area contributed by atoms with Gasteiger partial charge >= 0.3 is 0 Å². The van der Waals surface area contributed by atoms with Crippen LogP contribution in [0.1, 0.15) is 0 Å². The van der Waals surface area contributed by atoms with Crippen molar-refractivity contribution in [1.29, 1.82) is 0 Å². The highest BCUT2D eigenvalue weighted by Gasteiger charge is 2.07. The van der Waals surface area contributed by atoms with Gasteiger partial charge in [-0.15, -0.1) is 0 Å². The van der Waals surface area contributed by atoms with Crippen molar-refractivity contribution >= 4 is 11.2 Å². The second-order valence-electron chi connectivity index (χ2n) is 3.25. The van der Waals surface area contributed by atoms with E-state index in [1.54, 1.807) is 12.4 Å². The van der Waals surface area contributed by atoms with Gasteiger partial charge in [-0.2, -0.15) is 0 Å². The van der Waals surface area contributed by atoms with Gasteiger partial charge < -0.3 is 9.97 Å². The molecule has 0 aliphatic carbocycles. The van der Waals surface area contributed by atoms with Crippen LogP contribution < -0.4 is 5.56 Å². The van der Waals surface area contributed by atoms with Crippen LogP contribution in [0.2, 0.25) is 0 Å². The largest absolute Gasteiger partial charge is 0.332 e. The summed E-state index contributed by atoms with van der Waals surface area (Å²) in [5.41, 5.74) is 1.44. The number of fused-ring (bicyclic) bond motifs is 1. The second-order valence-corrected chi connectivity index (χ2v) is 3.25. The quantitative estimate of drug-likeness (QED) is 0.623. The minimum atomic E-state index is -0.224. The summed E-state index contributed by atoms with van der Waals surface area (Å²) < 4.78 is 0. The van der Waals surface area contributed by atoms with Crippen molar-refractivity contribution in [2.45, 2.75) is 0 Å². The molecule has 16 heavy (non-hydrogen) atoms. The summed E-state index contributed by atoms with van der Waals surface area (Å²) in [7, 11) is 0. The molecule has 0 bridgehead atoms. The van der Waals surface area contributed by atoms with Gasteiger partial charge in [-0.05, 0) is 12.1 Å². The van der Waals surface area contributed by atoms with E-state index in [2.05, 4.69) is 24.9 Å². The zero-order valence-electron chi connectivity index (χ0n) is 8.14. The molecule has 3 aromatic heterocycles. The van der Waals surface area contributed by atoms with Crippen LogP contribution in [0.5, 0.6) is 0 Å². The molecule has 6 nitrogen and oxygen atoms in total. The summed E-state index contributed by atoms with van der Waals surface area (Å²) >= 11 is 0. The maximum absolute atomic E-state index is 11.4. The molecule has 0 saturated heterocycles. The molecular weight excluding hydrogens is 206 g/mol. The first-order valence-corrected chi connectivity index (χ1v) is 4.68. The lowest BCUT2D eigenvalue weighted by Crippen LogP contribution is -2.05. The van der Waals surface area contributed by atoms with Crippen LogP contribution in [0, 0.1) is 0 Å². The Bertz CT molecular complexity index is 685. The Labute approximate surface area is 89.4 Å². The summed E-state index contributed by atoms with van der Waals surface area (Å²) in [5.74, 6) is 0.613. The number of hydrogen-bond acceptors (Lipinski definition) is 4. The van der Waals surface area contributed by atoms with E-state index in [0.717, 1.165) is 5.56 Å². The van der Waals surface area contributed by atoms with Gasteiger partial charge in [0.15, 0.2) is 11.2 Å². The lowest BCUT2D eigenvalue weighted by molar-refractivity contribution is 1.15. The molecule has 2 N–H and O–H groups in total. The maximum Gasteiger partial charge on any atom is 0.276 e. The molecule has 0 fully saturated rings. The molecule has 3 rings (SSSR count). The van der Waals surface area contributed by atoms with E-state index in [1.165, 1.54) is 6.33 Å². The normalized spacial score (nSPS) is 10.8. The minimum absolute atomic E-state index is 0.224. The number of aromatic amines is 2. The Morgan fingerprint density at radius 1 is 1.19 bits per heavy atom. The molecule has 0 amide bonds. The van der Waals surface area contributed by atoms with E-state index in [9.17, 15) is 4.79 Å². The smallest absolute Gasteiger partial charge is 0.276 e. The SMILES string of the molecule is O=c1[nH]cnc2nc(-c3ccncc3)[nH]c12. The highest BCUT2D eigenvalue weighted by Crippen LogP contribution is 2.15. The number of nitrogens with one attached hydrogen (secondary N) is 2. The predicted molar refractivity (Wildman–Crippen MR) is 57.7 cm³/mol. The Morgan fingerprint density at radius 3 is 2.75 bits per heavy atom. The number of nitrogens with zero attached hydrogens (tertiary/aromatic N) is 3. The van der Waals surface area contributed by atoms with Gasteiger partial charge in [0.25, 0.3) is 5.56 Å². The Hall–Kier alpha value is -2.50. The molecule has 0 atom stereocenters. The van der Waals surface area contributed by atoms with Crippen LogP contribution in [-0.2, 0) is 0 Å². The van der Waals surface area contributed by atoms with Crippen molar-refractivity contribution in [2.24, 2.45) is 0 Å². The molecule has 0 aliphatic rings. The maximum atomic E-state index is 11.4. The molecule has 0 aliphatic heterocycles. The lowest BCUT2D eigenvalue weighted by Gasteiger charge is -1.92. The average molecular weight is 213 g/mol.